The van der Waals surface area contributed by atoms with Crippen LogP contribution in [0.25, 0.3) is 22.4 Å². The van der Waals surface area contributed by atoms with Gasteiger partial charge in [-0.25, -0.2) is 14.3 Å². The number of carboxylic acid groups (broad SMARTS) is 1. The second-order valence-electron chi connectivity index (χ2n) is 7.92. The van der Waals surface area contributed by atoms with E-state index >= 15 is 0 Å². The fraction of sp³-hybridized carbons (Fsp3) is 0.0769. The number of benzene rings is 2. The lowest BCUT2D eigenvalue weighted by Gasteiger charge is -2.13. The number of amides is 2. The molecule has 0 atom stereocenters. The zero-order valence-corrected chi connectivity index (χ0v) is 21.2. The average Bonchev–Trinajstić information content (AvgIpc) is 2.91. The standard InChI is InChI=1S/C26H18Cl2N6O4/c1-2-34-24(35)22(31-26(38)32-23-19(27)12-30-13-20(23)28)10-21(33-34)16-5-3-4-15(8-16)17-6-14(11-29)7-18(9-17)25(36)37/h3-10,12-13H,2H2,1H3,(H,36,37)(H2,30,31,32,38). The molecule has 4 aromatic rings. The lowest BCUT2D eigenvalue weighted by Crippen LogP contribution is -2.29. The Morgan fingerprint density at radius 2 is 1.74 bits per heavy atom. The van der Waals surface area contributed by atoms with Gasteiger partial charge in [-0.2, -0.15) is 10.4 Å². The maximum Gasteiger partial charge on any atom is 0.335 e. The number of urea groups is 1. The Hall–Kier alpha value is -4.72. The van der Waals surface area contributed by atoms with E-state index in [1.807, 2.05) is 6.07 Å². The van der Waals surface area contributed by atoms with E-state index in [0.717, 1.165) is 0 Å². The van der Waals surface area contributed by atoms with Gasteiger partial charge in [0.15, 0.2) is 0 Å². The van der Waals surface area contributed by atoms with Gasteiger partial charge in [-0.15, -0.1) is 0 Å². The summed E-state index contributed by atoms with van der Waals surface area (Å²) < 4.78 is 1.20. The van der Waals surface area contributed by atoms with Crippen molar-refractivity contribution in [3.8, 4) is 28.5 Å². The quantitative estimate of drug-likeness (QED) is 0.287. The van der Waals surface area contributed by atoms with Crippen LogP contribution in [0.2, 0.25) is 10.0 Å². The number of halogens is 2. The number of aryl methyl sites for hydroxylation is 1. The fourth-order valence-corrected chi connectivity index (χ4v) is 4.08. The molecule has 0 aliphatic rings. The highest BCUT2D eigenvalue weighted by molar-refractivity contribution is 6.39. The Bertz CT molecular complexity index is 1660. The van der Waals surface area contributed by atoms with Crippen molar-refractivity contribution in [3.05, 3.63) is 92.5 Å². The minimum absolute atomic E-state index is 0.0194. The molecule has 3 N–H and O–H groups in total. The molecule has 0 fully saturated rings. The number of nitrogens with zero attached hydrogens (tertiary/aromatic N) is 4. The number of carboxylic acids is 1. The zero-order valence-electron chi connectivity index (χ0n) is 19.7. The number of anilines is 2. The number of aromatic carboxylic acids is 1. The third-order valence-corrected chi connectivity index (χ3v) is 5.99. The first-order valence-electron chi connectivity index (χ1n) is 11.1. The van der Waals surface area contributed by atoms with Crippen molar-refractivity contribution in [1.29, 1.82) is 5.26 Å². The Labute approximate surface area is 226 Å². The zero-order chi connectivity index (χ0) is 27.4. The number of aromatic nitrogens is 3. The number of carbonyl (C=O) groups excluding carboxylic acids is 1. The molecular formula is C26H18Cl2N6O4. The molecule has 2 aromatic heterocycles. The number of hydrogen-bond donors (Lipinski definition) is 3. The molecule has 2 aromatic carbocycles. The van der Waals surface area contributed by atoms with Gasteiger partial charge >= 0.3 is 12.0 Å². The van der Waals surface area contributed by atoms with Gasteiger partial charge in [0.1, 0.15) is 5.69 Å². The van der Waals surface area contributed by atoms with Gasteiger partial charge in [-0.1, -0.05) is 41.4 Å². The van der Waals surface area contributed by atoms with Crippen molar-refractivity contribution < 1.29 is 14.7 Å². The number of nitrogens with one attached hydrogen (secondary N) is 2. The van der Waals surface area contributed by atoms with Crippen LogP contribution in [0.3, 0.4) is 0 Å². The van der Waals surface area contributed by atoms with E-state index in [1.54, 1.807) is 37.3 Å². The van der Waals surface area contributed by atoms with Gasteiger partial charge in [0.05, 0.1) is 38.6 Å². The summed E-state index contributed by atoms with van der Waals surface area (Å²) in [6.07, 6.45) is 2.63. The van der Waals surface area contributed by atoms with Crippen LogP contribution in [0.15, 0.2) is 65.7 Å². The summed E-state index contributed by atoms with van der Waals surface area (Å²) in [6.45, 7) is 1.96. The fourth-order valence-electron chi connectivity index (χ4n) is 3.62. The van der Waals surface area contributed by atoms with E-state index in [1.165, 1.54) is 35.3 Å². The first-order chi connectivity index (χ1) is 18.2. The highest BCUT2D eigenvalue weighted by atomic mass is 35.5. The third kappa shape index (κ3) is 5.64. The molecule has 0 radical (unpaired) electrons. The van der Waals surface area contributed by atoms with Gasteiger partial charge in [0.2, 0.25) is 0 Å². The number of nitriles is 1. The van der Waals surface area contributed by atoms with E-state index in [4.69, 9.17) is 23.2 Å². The molecule has 0 saturated carbocycles. The molecule has 0 spiro atoms. The Kier molecular flexibility index (Phi) is 7.71. The van der Waals surface area contributed by atoms with E-state index in [2.05, 4.69) is 20.7 Å². The van der Waals surface area contributed by atoms with Gasteiger partial charge in [-0.3, -0.25) is 9.78 Å². The van der Waals surface area contributed by atoms with E-state index in [9.17, 15) is 24.8 Å². The molecule has 10 nitrogen and oxygen atoms in total. The molecule has 0 unspecified atom stereocenters. The molecule has 2 heterocycles. The molecular weight excluding hydrogens is 531 g/mol. The number of rotatable bonds is 6. The molecule has 4 rings (SSSR count). The SMILES string of the molecule is CCn1nc(-c2cccc(-c3cc(C#N)cc(C(=O)O)c3)c2)cc(NC(=O)Nc2c(Cl)cncc2Cl)c1=O. The molecule has 190 valence electrons. The minimum Gasteiger partial charge on any atom is -0.478 e. The van der Waals surface area contributed by atoms with Crippen LogP contribution in [0, 0.1) is 11.3 Å². The van der Waals surface area contributed by atoms with E-state index < -0.39 is 17.6 Å². The molecule has 12 heteroatoms. The van der Waals surface area contributed by atoms with Crippen molar-refractivity contribution in [2.24, 2.45) is 0 Å². The smallest absolute Gasteiger partial charge is 0.335 e. The molecule has 0 aliphatic carbocycles. The topological polar surface area (TPSA) is 150 Å². The van der Waals surface area contributed by atoms with Crippen molar-refractivity contribution in [3.63, 3.8) is 0 Å². The van der Waals surface area contributed by atoms with Crippen LogP contribution in [0.4, 0.5) is 16.2 Å². The summed E-state index contributed by atoms with van der Waals surface area (Å²) in [5.74, 6) is -1.15. The lowest BCUT2D eigenvalue weighted by atomic mass is 9.98. The van der Waals surface area contributed by atoms with Crippen LogP contribution in [-0.4, -0.2) is 31.9 Å². The Morgan fingerprint density at radius 1 is 1.03 bits per heavy atom. The van der Waals surface area contributed by atoms with Crippen LogP contribution in [0.1, 0.15) is 22.8 Å². The normalized spacial score (nSPS) is 10.5. The first kappa shape index (κ1) is 26.3. The average molecular weight is 549 g/mol. The van der Waals surface area contributed by atoms with Crippen LogP contribution < -0.4 is 16.2 Å². The molecule has 2 amide bonds. The van der Waals surface area contributed by atoms with Gasteiger partial charge < -0.3 is 15.7 Å². The monoisotopic (exact) mass is 548 g/mol. The minimum atomic E-state index is -1.15. The van der Waals surface area contributed by atoms with Crippen molar-refractivity contribution in [1.82, 2.24) is 14.8 Å². The van der Waals surface area contributed by atoms with Gasteiger partial charge in [0.25, 0.3) is 5.56 Å². The first-order valence-corrected chi connectivity index (χ1v) is 11.8. The maximum atomic E-state index is 12.9. The second kappa shape index (κ2) is 11.1. The second-order valence-corrected chi connectivity index (χ2v) is 8.73. The summed E-state index contributed by atoms with van der Waals surface area (Å²) in [4.78, 5) is 40.9. The predicted octanol–water partition coefficient (Wildman–Crippen LogP) is 5.51. The summed E-state index contributed by atoms with van der Waals surface area (Å²) >= 11 is 12.1. The van der Waals surface area contributed by atoms with E-state index in [-0.39, 0.29) is 39.1 Å². The molecule has 0 bridgehead atoms. The van der Waals surface area contributed by atoms with Gasteiger partial charge in [0, 0.05) is 24.5 Å². The predicted molar refractivity (Wildman–Crippen MR) is 144 cm³/mol. The summed E-state index contributed by atoms with van der Waals surface area (Å²) in [7, 11) is 0. The van der Waals surface area contributed by atoms with Gasteiger partial charge in [-0.05, 0) is 48.4 Å². The van der Waals surface area contributed by atoms with Crippen molar-refractivity contribution in [2.75, 3.05) is 10.6 Å². The van der Waals surface area contributed by atoms with Crippen molar-refractivity contribution in [2.45, 2.75) is 13.5 Å². The largest absolute Gasteiger partial charge is 0.478 e. The molecule has 38 heavy (non-hydrogen) atoms. The van der Waals surface area contributed by atoms with E-state index in [0.29, 0.717) is 22.4 Å². The number of hydrogen-bond acceptors (Lipinski definition) is 6. The number of carbonyl (C=O) groups is 2. The summed E-state index contributed by atoms with van der Waals surface area (Å²) in [5.41, 5.74) is 1.88. The highest BCUT2D eigenvalue weighted by Crippen LogP contribution is 2.30. The molecule has 0 saturated heterocycles. The Morgan fingerprint density at radius 3 is 2.39 bits per heavy atom. The van der Waals surface area contributed by atoms with Crippen LogP contribution in [-0.2, 0) is 6.54 Å². The van der Waals surface area contributed by atoms with Crippen LogP contribution in [0.5, 0.6) is 0 Å². The van der Waals surface area contributed by atoms with Crippen LogP contribution >= 0.6 is 23.2 Å². The Balaban J connectivity index is 1.71. The highest BCUT2D eigenvalue weighted by Gasteiger charge is 2.16. The molecule has 0 aliphatic heterocycles. The van der Waals surface area contributed by atoms with Crippen molar-refractivity contribution >= 4 is 46.6 Å². The number of pyridine rings is 1. The maximum absolute atomic E-state index is 12.9. The third-order valence-electron chi connectivity index (χ3n) is 5.41. The lowest BCUT2D eigenvalue weighted by molar-refractivity contribution is 0.0697. The summed E-state index contributed by atoms with van der Waals surface area (Å²) in [5, 5.41) is 28.4. The summed E-state index contributed by atoms with van der Waals surface area (Å²) in [6, 6.07) is 14.0.